The number of hydrogen-bond acceptors (Lipinski definition) is 2. The summed E-state index contributed by atoms with van der Waals surface area (Å²) in [7, 11) is 0. The molecule has 0 saturated heterocycles. The zero-order valence-corrected chi connectivity index (χ0v) is 10.8. The summed E-state index contributed by atoms with van der Waals surface area (Å²) < 4.78 is 0. The van der Waals surface area contributed by atoms with Crippen molar-refractivity contribution >= 4 is 17.7 Å². The molecule has 0 aliphatic carbocycles. The largest absolute Gasteiger partial charge is 0.480 e. The van der Waals surface area contributed by atoms with E-state index in [9.17, 15) is 4.79 Å². The van der Waals surface area contributed by atoms with E-state index >= 15 is 0 Å². The van der Waals surface area contributed by atoms with Gasteiger partial charge in [-0.2, -0.15) is 0 Å². The molecule has 1 aromatic rings. The Morgan fingerprint density at radius 1 is 1.25 bits per heavy atom. The maximum atomic E-state index is 10.6. The zero-order valence-electron chi connectivity index (χ0n) is 9.93. The lowest BCUT2D eigenvalue weighted by molar-refractivity contribution is -0.136. The maximum absolute atomic E-state index is 10.6. The zero-order chi connectivity index (χ0) is 12.1. The summed E-state index contributed by atoms with van der Waals surface area (Å²) in [6.45, 7) is 6.04. The number of rotatable bonds is 5. The Morgan fingerprint density at radius 2 is 1.81 bits per heavy atom. The van der Waals surface area contributed by atoms with Crippen molar-refractivity contribution in [3.63, 3.8) is 0 Å². The molecule has 0 aliphatic rings. The molecule has 0 saturated carbocycles. The van der Waals surface area contributed by atoms with Crippen LogP contribution in [0.3, 0.4) is 0 Å². The van der Waals surface area contributed by atoms with E-state index in [0.717, 1.165) is 5.75 Å². The number of carboxylic acid groups (broad SMARTS) is 1. The molecule has 1 rings (SSSR count). The van der Waals surface area contributed by atoms with Gasteiger partial charge in [0.2, 0.25) is 0 Å². The molecule has 0 heterocycles. The highest BCUT2D eigenvalue weighted by molar-refractivity contribution is 7.99. The molecule has 0 amide bonds. The molecule has 0 aromatic heterocycles. The summed E-state index contributed by atoms with van der Waals surface area (Å²) >= 11 is 1.45. The smallest absolute Gasteiger partial charge is 0.316 e. The first kappa shape index (κ1) is 13.1. The monoisotopic (exact) mass is 238 g/mol. The van der Waals surface area contributed by atoms with Gasteiger partial charge in [-0.15, -0.1) is 11.8 Å². The summed E-state index contributed by atoms with van der Waals surface area (Å²) in [6.07, 6.45) is 0. The van der Waals surface area contributed by atoms with Gasteiger partial charge in [-0.25, -0.2) is 0 Å². The third-order valence-electron chi connectivity index (χ3n) is 2.49. The van der Waals surface area contributed by atoms with Gasteiger partial charge in [0, 0.05) is 5.75 Å². The van der Waals surface area contributed by atoms with E-state index in [-0.39, 0.29) is 5.25 Å². The molecular weight excluding hydrogens is 220 g/mol. The second kappa shape index (κ2) is 5.94. The summed E-state index contributed by atoms with van der Waals surface area (Å²) in [6, 6.07) is 8.39. The van der Waals surface area contributed by atoms with Gasteiger partial charge < -0.3 is 5.11 Å². The predicted molar refractivity (Wildman–Crippen MR) is 68.9 cm³/mol. The first-order valence-corrected chi connectivity index (χ1v) is 6.49. The molecular formula is C13H18O2S. The van der Waals surface area contributed by atoms with Crippen molar-refractivity contribution in [1.29, 1.82) is 0 Å². The van der Waals surface area contributed by atoms with Crippen molar-refractivity contribution in [3.05, 3.63) is 35.4 Å². The first-order valence-electron chi connectivity index (χ1n) is 5.44. The third-order valence-corrected chi connectivity index (χ3v) is 3.70. The predicted octanol–water partition coefficient (Wildman–Crippen LogP) is 3.52. The van der Waals surface area contributed by atoms with Crippen LogP contribution in [0.4, 0.5) is 0 Å². The van der Waals surface area contributed by atoms with Crippen molar-refractivity contribution < 1.29 is 9.90 Å². The Kier molecular flexibility index (Phi) is 4.87. The Balaban J connectivity index is 2.52. The number of aliphatic carboxylic acids is 1. The molecule has 0 fully saturated rings. The minimum Gasteiger partial charge on any atom is -0.480 e. The number of hydrogen-bond donors (Lipinski definition) is 1. The van der Waals surface area contributed by atoms with Gasteiger partial charge in [-0.05, 0) is 24.0 Å². The molecule has 88 valence electrons. The summed E-state index contributed by atoms with van der Waals surface area (Å²) in [5.41, 5.74) is 2.50. The maximum Gasteiger partial charge on any atom is 0.316 e. The number of carboxylic acids is 1. The number of benzene rings is 1. The SMILES string of the molecule is CC(SCc1ccc(C(C)C)cc1)C(=O)O. The van der Waals surface area contributed by atoms with Crippen LogP contribution in [0, 0.1) is 0 Å². The summed E-state index contributed by atoms with van der Waals surface area (Å²) in [4.78, 5) is 10.6. The van der Waals surface area contributed by atoms with Crippen molar-refractivity contribution in [2.45, 2.75) is 37.7 Å². The van der Waals surface area contributed by atoms with E-state index in [4.69, 9.17) is 5.11 Å². The van der Waals surface area contributed by atoms with Crippen molar-refractivity contribution in [2.75, 3.05) is 0 Å². The molecule has 1 aromatic carbocycles. The fourth-order valence-corrected chi connectivity index (χ4v) is 2.07. The van der Waals surface area contributed by atoms with E-state index in [1.165, 1.54) is 22.9 Å². The number of thioether (sulfide) groups is 1. The van der Waals surface area contributed by atoms with Gasteiger partial charge in [-0.3, -0.25) is 4.79 Å². The van der Waals surface area contributed by atoms with Crippen LogP contribution in [0.15, 0.2) is 24.3 Å². The molecule has 3 heteroatoms. The molecule has 1 unspecified atom stereocenters. The lowest BCUT2D eigenvalue weighted by Gasteiger charge is -2.08. The van der Waals surface area contributed by atoms with Crippen molar-refractivity contribution in [2.24, 2.45) is 0 Å². The molecule has 0 radical (unpaired) electrons. The molecule has 0 spiro atoms. The van der Waals surface area contributed by atoms with Crippen LogP contribution < -0.4 is 0 Å². The highest BCUT2D eigenvalue weighted by Crippen LogP contribution is 2.20. The van der Waals surface area contributed by atoms with Gasteiger partial charge in [0.1, 0.15) is 0 Å². The van der Waals surface area contributed by atoms with Crippen LogP contribution in [-0.2, 0) is 10.5 Å². The van der Waals surface area contributed by atoms with Crippen LogP contribution in [0.2, 0.25) is 0 Å². The van der Waals surface area contributed by atoms with E-state index in [1.807, 2.05) is 0 Å². The Morgan fingerprint density at radius 3 is 2.25 bits per heavy atom. The molecule has 1 atom stereocenters. The standard InChI is InChI=1S/C13H18O2S/c1-9(2)12-6-4-11(5-7-12)8-16-10(3)13(14)15/h4-7,9-10H,8H2,1-3H3,(H,14,15). The Labute approximate surface area is 101 Å². The van der Waals surface area contributed by atoms with Gasteiger partial charge >= 0.3 is 5.97 Å². The lowest BCUT2D eigenvalue weighted by atomic mass is 10.0. The first-order chi connectivity index (χ1) is 7.50. The van der Waals surface area contributed by atoms with E-state index in [1.54, 1.807) is 6.92 Å². The molecule has 1 N–H and O–H groups in total. The van der Waals surface area contributed by atoms with Gasteiger partial charge in [0.25, 0.3) is 0 Å². The van der Waals surface area contributed by atoms with E-state index in [0.29, 0.717) is 5.92 Å². The molecule has 0 aliphatic heterocycles. The molecule has 2 nitrogen and oxygen atoms in total. The van der Waals surface area contributed by atoms with Gasteiger partial charge in [-0.1, -0.05) is 38.1 Å². The lowest BCUT2D eigenvalue weighted by Crippen LogP contribution is -2.11. The summed E-state index contributed by atoms with van der Waals surface area (Å²) in [5.74, 6) is 0.551. The van der Waals surface area contributed by atoms with Crippen LogP contribution in [0.1, 0.15) is 37.8 Å². The fourth-order valence-electron chi connectivity index (χ4n) is 1.29. The van der Waals surface area contributed by atoms with Crippen LogP contribution >= 0.6 is 11.8 Å². The average molecular weight is 238 g/mol. The van der Waals surface area contributed by atoms with Gasteiger partial charge in [0.05, 0.1) is 5.25 Å². The van der Waals surface area contributed by atoms with E-state index < -0.39 is 5.97 Å². The van der Waals surface area contributed by atoms with Crippen molar-refractivity contribution in [3.8, 4) is 0 Å². The second-order valence-corrected chi connectivity index (χ2v) is 5.52. The van der Waals surface area contributed by atoms with Crippen LogP contribution in [-0.4, -0.2) is 16.3 Å². The Hall–Kier alpha value is -0.960. The minimum atomic E-state index is -0.746. The third kappa shape index (κ3) is 3.89. The second-order valence-electron chi connectivity index (χ2n) is 4.19. The summed E-state index contributed by atoms with van der Waals surface area (Å²) in [5, 5.41) is 8.41. The molecule has 16 heavy (non-hydrogen) atoms. The van der Waals surface area contributed by atoms with Crippen LogP contribution in [0.5, 0.6) is 0 Å². The quantitative estimate of drug-likeness (QED) is 0.852. The van der Waals surface area contributed by atoms with Crippen molar-refractivity contribution in [1.82, 2.24) is 0 Å². The average Bonchev–Trinajstić information content (AvgIpc) is 2.26. The number of carbonyl (C=O) groups is 1. The molecule has 0 bridgehead atoms. The highest BCUT2D eigenvalue weighted by Gasteiger charge is 2.10. The minimum absolute atomic E-state index is 0.343. The normalized spacial score (nSPS) is 12.8. The Bertz CT molecular complexity index is 343. The van der Waals surface area contributed by atoms with Crippen LogP contribution in [0.25, 0.3) is 0 Å². The van der Waals surface area contributed by atoms with Gasteiger partial charge in [0.15, 0.2) is 0 Å². The topological polar surface area (TPSA) is 37.3 Å². The highest BCUT2D eigenvalue weighted by atomic mass is 32.2. The van der Waals surface area contributed by atoms with E-state index in [2.05, 4.69) is 38.1 Å². The fraction of sp³-hybridized carbons (Fsp3) is 0.462.